The minimum absolute atomic E-state index is 0.0720. The van der Waals surface area contributed by atoms with Gasteiger partial charge in [-0.15, -0.1) is 0 Å². The Labute approximate surface area is 260 Å². The first-order chi connectivity index (χ1) is 20.9. The summed E-state index contributed by atoms with van der Waals surface area (Å²) in [6.07, 6.45) is 1.12. The number of carbonyl (C=O) groups is 2. The second kappa shape index (κ2) is 16.5. The number of carbonyl (C=O) groups excluding carboxylic acids is 2. The van der Waals surface area contributed by atoms with Crippen LogP contribution in [0.4, 0.5) is 9.59 Å². The van der Waals surface area contributed by atoms with Crippen LogP contribution >= 0.6 is 0 Å². The van der Waals surface area contributed by atoms with Crippen molar-refractivity contribution in [1.29, 1.82) is 0 Å². The molecule has 2 aromatic carbocycles. The van der Waals surface area contributed by atoms with Gasteiger partial charge in [0.2, 0.25) is 0 Å². The van der Waals surface area contributed by atoms with Gasteiger partial charge in [-0.25, -0.2) is 9.59 Å². The molecular formula is C35H45N3O6. The average Bonchev–Trinajstić information content (AvgIpc) is 2.98. The van der Waals surface area contributed by atoms with Gasteiger partial charge >= 0.3 is 12.2 Å². The largest absolute Gasteiger partial charge is 0.490 e. The van der Waals surface area contributed by atoms with Crippen LogP contribution in [0.1, 0.15) is 62.9 Å². The summed E-state index contributed by atoms with van der Waals surface area (Å²) in [6, 6.07) is 19.8. The maximum absolute atomic E-state index is 13.5. The van der Waals surface area contributed by atoms with Crippen LogP contribution in [-0.4, -0.2) is 58.1 Å². The van der Waals surface area contributed by atoms with Gasteiger partial charge in [0.15, 0.2) is 0 Å². The molecule has 0 aliphatic rings. The minimum Gasteiger partial charge on any atom is -0.490 e. The molecule has 3 rings (SSSR count). The summed E-state index contributed by atoms with van der Waals surface area (Å²) in [7, 11) is 0. The molecule has 0 bridgehead atoms. The Morgan fingerprint density at radius 1 is 1.05 bits per heavy atom. The normalized spacial score (nSPS) is 12.6. The van der Waals surface area contributed by atoms with Crippen molar-refractivity contribution in [3.8, 4) is 5.75 Å². The molecule has 0 saturated heterocycles. The summed E-state index contributed by atoms with van der Waals surface area (Å²) in [4.78, 5) is 32.3. The van der Waals surface area contributed by atoms with Crippen LogP contribution in [0.15, 0.2) is 85.6 Å². The number of ether oxygens (including phenoxy) is 3. The Bertz CT molecular complexity index is 1360. The highest BCUT2D eigenvalue weighted by Gasteiger charge is 2.29. The molecule has 2 amide bonds. The van der Waals surface area contributed by atoms with Gasteiger partial charge in [0.05, 0.1) is 30.9 Å². The maximum Gasteiger partial charge on any atom is 0.410 e. The van der Waals surface area contributed by atoms with Crippen LogP contribution in [0.2, 0.25) is 0 Å². The standard InChI is InChI=1S/C35H45N3O6/c1-7-19-42-28-16-11-15-27(20-28)21-30(37-33(40)44-35(4,5)6)32(39)23-38(22-31-29(25(2)3)17-12-18-36-31)34(41)43-24-26-13-9-8-10-14-26/h7-18,20,25,30,32,39H,1,19,21-24H2,2-6H3,(H,37,40)/t30-,32+/m0/s1. The van der Waals surface area contributed by atoms with E-state index in [-0.39, 0.29) is 32.0 Å². The number of alkyl carbamates (subject to hydrolysis) is 1. The lowest BCUT2D eigenvalue weighted by Crippen LogP contribution is -2.51. The number of benzene rings is 2. The minimum atomic E-state index is -1.18. The van der Waals surface area contributed by atoms with Crippen LogP contribution < -0.4 is 10.1 Å². The fourth-order valence-electron chi connectivity index (χ4n) is 4.57. The van der Waals surface area contributed by atoms with Gasteiger partial charge in [0.25, 0.3) is 0 Å². The summed E-state index contributed by atoms with van der Waals surface area (Å²) >= 11 is 0. The SMILES string of the molecule is C=CCOc1cccc(C[C@H](NC(=O)OC(C)(C)C)[C@H](O)CN(Cc2ncccc2C(C)C)C(=O)OCc2ccccc2)c1. The Balaban J connectivity index is 1.88. The van der Waals surface area contributed by atoms with E-state index in [0.29, 0.717) is 18.1 Å². The van der Waals surface area contributed by atoms with E-state index in [1.54, 1.807) is 33.0 Å². The lowest BCUT2D eigenvalue weighted by Gasteiger charge is -2.31. The van der Waals surface area contributed by atoms with Gasteiger partial charge in [-0.3, -0.25) is 9.88 Å². The maximum atomic E-state index is 13.5. The molecule has 0 saturated carbocycles. The van der Waals surface area contributed by atoms with Crippen molar-refractivity contribution in [2.45, 2.75) is 77.9 Å². The number of nitrogens with zero attached hydrogens (tertiary/aromatic N) is 2. The van der Waals surface area contributed by atoms with E-state index in [4.69, 9.17) is 14.2 Å². The first-order valence-electron chi connectivity index (χ1n) is 14.8. The fourth-order valence-corrected chi connectivity index (χ4v) is 4.57. The van der Waals surface area contributed by atoms with E-state index in [0.717, 1.165) is 16.7 Å². The predicted molar refractivity (Wildman–Crippen MR) is 170 cm³/mol. The lowest BCUT2D eigenvalue weighted by molar-refractivity contribution is 0.0325. The Morgan fingerprint density at radius 3 is 2.45 bits per heavy atom. The summed E-state index contributed by atoms with van der Waals surface area (Å²) in [6.45, 7) is 13.5. The van der Waals surface area contributed by atoms with E-state index in [9.17, 15) is 14.7 Å². The summed E-state index contributed by atoms with van der Waals surface area (Å²) in [5.74, 6) is 0.804. The van der Waals surface area contributed by atoms with Crippen LogP contribution in [0, 0.1) is 0 Å². The zero-order valence-corrected chi connectivity index (χ0v) is 26.4. The zero-order valence-electron chi connectivity index (χ0n) is 26.4. The van der Waals surface area contributed by atoms with Crippen LogP contribution in [0.25, 0.3) is 0 Å². The average molecular weight is 604 g/mol. The van der Waals surface area contributed by atoms with Crippen LogP contribution in [-0.2, 0) is 29.0 Å². The first-order valence-corrected chi connectivity index (χ1v) is 14.8. The quantitative estimate of drug-likeness (QED) is 0.205. The molecule has 236 valence electrons. The number of hydrogen-bond acceptors (Lipinski definition) is 7. The Kier molecular flexibility index (Phi) is 12.8. The molecule has 1 aromatic heterocycles. The highest BCUT2D eigenvalue weighted by molar-refractivity contribution is 5.69. The van der Waals surface area contributed by atoms with Crippen molar-refractivity contribution in [3.05, 3.63) is 108 Å². The molecule has 3 aromatic rings. The second-order valence-corrected chi connectivity index (χ2v) is 11.9. The van der Waals surface area contributed by atoms with Gasteiger partial charge in [0, 0.05) is 6.20 Å². The van der Waals surface area contributed by atoms with Crippen LogP contribution in [0.3, 0.4) is 0 Å². The van der Waals surface area contributed by atoms with Gasteiger partial charge in [-0.05, 0) is 68.0 Å². The molecule has 0 radical (unpaired) electrons. The van der Waals surface area contributed by atoms with Crippen molar-refractivity contribution in [2.24, 2.45) is 0 Å². The van der Waals surface area contributed by atoms with Gasteiger partial charge in [0.1, 0.15) is 24.6 Å². The summed E-state index contributed by atoms with van der Waals surface area (Å²) in [5, 5.41) is 14.4. The highest BCUT2D eigenvalue weighted by Crippen LogP contribution is 2.21. The molecule has 0 aliphatic heterocycles. The third-order valence-electron chi connectivity index (χ3n) is 6.65. The first kappa shape index (κ1) is 34.1. The van der Waals surface area contributed by atoms with Gasteiger partial charge in [-0.2, -0.15) is 0 Å². The molecule has 0 aliphatic carbocycles. The van der Waals surface area contributed by atoms with E-state index in [1.807, 2.05) is 66.7 Å². The topological polar surface area (TPSA) is 110 Å². The molecular weight excluding hydrogens is 558 g/mol. The van der Waals surface area contributed by atoms with E-state index < -0.39 is 29.9 Å². The number of pyridine rings is 1. The molecule has 9 nitrogen and oxygen atoms in total. The van der Waals surface area contributed by atoms with Crippen molar-refractivity contribution >= 4 is 12.2 Å². The third-order valence-corrected chi connectivity index (χ3v) is 6.65. The number of hydrogen-bond donors (Lipinski definition) is 2. The zero-order chi connectivity index (χ0) is 32.1. The molecule has 0 unspecified atom stereocenters. The lowest BCUT2D eigenvalue weighted by atomic mass is 9.99. The molecule has 9 heteroatoms. The number of aliphatic hydroxyl groups excluding tert-OH is 1. The fraction of sp³-hybridized carbons (Fsp3) is 0.400. The van der Waals surface area contributed by atoms with Crippen molar-refractivity contribution in [2.75, 3.05) is 13.2 Å². The number of rotatable bonds is 14. The summed E-state index contributed by atoms with van der Waals surface area (Å²) < 4.78 is 16.8. The van der Waals surface area contributed by atoms with Crippen molar-refractivity contribution < 1.29 is 28.9 Å². The molecule has 0 spiro atoms. The monoisotopic (exact) mass is 603 g/mol. The second-order valence-electron chi connectivity index (χ2n) is 11.9. The van der Waals surface area contributed by atoms with Gasteiger partial charge in [-0.1, -0.05) is 75.0 Å². The van der Waals surface area contributed by atoms with Crippen molar-refractivity contribution in [1.82, 2.24) is 15.2 Å². The van der Waals surface area contributed by atoms with Gasteiger partial charge < -0.3 is 24.6 Å². The molecule has 2 N–H and O–H groups in total. The smallest absolute Gasteiger partial charge is 0.410 e. The number of amides is 2. The molecule has 0 fully saturated rings. The van der Waals surface area contributed by atoms with E-state index in [1.165, 1.54) is 4.90 Å². The van der Waals surface area contributed by atoms with Crippen molar-refractivity contribution in [3.63, 3.8) is 0 Å². The number of nitrogens with one attached hydrogen (secondary N) is 1. The molecule has 2 atom stereocenters. The van der Waals surface area contributed by atoms with E-state index in [2.05, 4.69) is 30.7 Å². The van der Waals surface area contributed by atoms with E-state index >= 15 is 0 Å². The highest BCUT2D eigenvalue weighted by atomic mass is 16.6. The predicted octanol–water partition coefficient (Wildman–Crippen LogP) is 6.41. The number of aliphatic hydroxyl groups is 1. The Hall–Kier alpha value is -4.37. The molecule has 44 heavy (non-hydrogen) atoms. The summed E-state index contributed by atoms with van der Waals surface area (Å²) in [5.41, 5.74) is 2.61. The molecule has 1 heterocycles. The third kappa shape index (κ3) is 11.4. The number of aromatic nitrogens is 1. The van der Waals surface area contributed by atoms with Crippen LogP contribution in [0.5, 0.6) is 5.75 Å². The Morgan fingerprint density at radius 2 is 1.77 bits per heavy atom.